The molecule has 0 aromatic heterocycles. The summed E-state index contributed by atoms with van der Waals surface area (Å²) in [5.41, 5.74) is 2.76. The Morgan fingerprint density at radius 3 is 2.29 bits per heavy atom. The van der Waals surface area contributed by atoms with Crippen molar-refractivity contribution < 1.29 is 0 Å². The maximum absolute atomic E-state index is 8.98. The number of anilines is 1. The monoisotopic (exact) mass is 292 g/mol. The molecule has 4 nitrogen and oxygen atoms in total. The van der Waals surface area contributed by atoms with Gasteiger partial charge in [0.1, 0.15) is 12.1 Å². The van der Waals surface area contributed by atoms with E-state index >= 15 is 0 Å². The topological polar surface area (TPSA) is 83.4 Å². The Morgan fingerprint density at radius 1 is 0.905 bits per heavy atom. The fraction of sp³-hybridized carbons (Fsp3) is 0.0625. The minimum absolute atomic E-state index is 0.327. The van der Waals surface area contributed by atoms with E-state index in [1.54, 1.807) is 36.4 Å². The first-order valence-electron chi connectivity index (χ1n) is 6.04. The van der Waals surface area contributed by atoms with E-state index in [0.717, 1.165) is 11.3 Å². The Hall–Kier alpha value is -3.00. The van der Waals surface area contributed by atoms with Crippen LogP contribution >= 0.6 is 11.6 Å². The molecule has 0 radical (unpaired) electrons. The summed E-state index contributed by atoms with van der Waals surface area (Å²) in [5, 5.41) is 30.3. The van der Waals surface area contributed by atoms with Crippen molar-refractivity contribution in [3.8, 4) is 18.2 Å². The lowest BCUT2D eigenvalue weighted by molar-refractivity contribution is 1.15. The van der Waals surface area contributed by atoms with Gasteiger partial charge in [0.05, 0.1) is 22.8 Å². The molecular weight excluding hydrogens is 284 g/mol. The van der Waals surface area contributed by atoms with Crippen LogP contribution in [0.4, 0.5) is 5.69 Å². The summed E-state index contributed by atoms with van der Waals surface area (Å²) in [7, 11) is 0. The highest BCUT2D eigenvalue weighted by Crippen LogP contribution is 2.20. The Morgan fingerprint density at radius 2 is 1.67 bits per heavy atom. The second-order valence-corrected chi connectivity index (χ2v) is 4.66. The molecule has 0 saturated carbocycles. The maximum atomic E-state index is 8.98. The van der Waals surface area contributed by atoms with Gasteiger partial charge in [-0.05, 0) is 35.9 Å². The van der Waals surface area contributed by atoms with Crippen molar-refractivity contribution in [1.29, 1.82) is 15.8 Å². The van der Waals surface area contributed by atoms with E-state index in [1.165, 1.54) is 0 Å². The van der Waals surface area contributed by atoms with Crippen LogP contribution in [0, 0.1) is 34.0 Å². The summed E-state index contributed by atoms with van der Waals surface area (Å²) in [5.74, 6) is 0. The van der Waals surface area contributed by atoms with E-state index in [9.17, 15) is 0 Å². The minimum Gasteiger partial charge on any atom is -0.381 e. The van der Waals surface area contributed by atoms with Gasteiger partial charge in [0, 0.05) is 17.3 Å². The highest BCUT2D eigenvalue weighted by atomic mass is 35.5. The van der Waals surface area contributed by atoms with Crippen molar-refractivity contribution in [2.45, 2.75) is 6.54 Å². The summed E-state index contributed by atoms with van der Waals surface area (Å²) in [6, 6.07) is 16.0. The Balaban J connectivity index is 2.16. The summed E-state index contributed by atoms with van der Waals surface area (Å²) >= 11 is 6.09. The van der Waals surface area contributed by atoms with Crippen LogP contribution in [0.15, 0.2) is 36.4 Å². The molecule has 0 amide bonds. The van der Waals surface area contributed by atoms with Crippen molar-refractivity contribution >= 4 is 17.3 Å². The highest BCUT2D eigenvalue weighted by Gasteiger charge is 2.05. The predicted molar refractivity (Wildman–Crippen MR) is 79.4 cm³/mol. The van der Waals surface area contributed by atoms with Gasteiger partial charge in [0.2, 0.25) is 0 Å². The lowest BCUT2D eigenvalue weighted by Gasteiger charge is -2.09. The van der Waals surface area contributed by atoms with Crippen LogP contribution in [0.5, 0.6) is 0 Å². The maximum Gasteiger partial charge on any atom is 0.101 e. The van der Waals surface area contributed by atoms with E-state index in [-0.39, 0.29) is 0 Å². The molecule has 0 fully saturated rings. The number of nitriles is 3. The molecular formula is C16H9ClN4. The quantitative estimate of drug-likeness (QED) is 0.937. The molecule has 0 spiro atoms. The van der Waals surface area contributed by atoms with Gasteiger partial charge in [-0.3, -0.25) is 0 Å². The number of halogens is 1. The average Bonchev–Trinajstić information content (AvgIpc) is 2.53. The SMILES string of the molecule is N#Cc1ccc(CNc2ccc(C#N)c(C#N)c2)c(Cl)c1. The van der Waals surface area contributed by atoms with Crippen LogP contribution in [0.3, 0.4) is 0 Å². The van der Waals surface area contributed by atoms with Gasteiger partial charge in [-0.2, -0.15) is 15.8 Å². The lowest BCUT2D eigenvalue weighted by Crippen LogP contribution is -2.01. The van der Waals surface area contributed by atoms with E-state index in [1.807, 2.05) is 18.2 Å². The molecule has 0 unspecified atom stereocenters. The Kier molecular flexibility index (Phi) is 4.42. The highest BCUT2D eigenvalue weighted by molar-refractivity contribution is 6.31. The van der Waals surface area contributed by atoms with Crippen LogP contribution in [0.25, 0.3) is 0 Å². The summed E-state index contributed by atoms with van der Waals surface area (Å²) < 4.78 is 0. The molecule has 0 heterocycles. The molecule has 0 aliphatic carbocycles. The largest absolute Gasteiger partial charge is 0.381 e. The number of rotatable bonds is 3. The van der Waals surface area contributed by atoms with Crippen molar-refractivity contribution in [1.82, 2.24) is 0 Å². The van der Waals surface area contributed by atoms with E-state index in [0.29, 0.717) is 28.3 Å². The van der Waals surface area contributed by atoms with Crippen LogP contribution in [0.2, 0.25) is 5.02 Å². The zero-order valence-corrected chi connectivity index (χ0v) is 11.6. The standard InChI is InChI=1S/C16H9ClN4/c17-16-5-11(7-18)1-2-13(16)10-21-15-4-3-12(8-19)14(6-15)9-20/h1-6,21H,10H2. The molecule has 0 aliphatic rings. The van der Waals surface area contributed by atoms with Crippen LogP contribution < -0.4 is 5.32 Å². The van der Waals surface area contributed by atoms with Gasteiger partial charge in [-0.1, -0.05) is 17.7 Å². The molecule has 0 atom stereocenters. The van der Waals surface area contributed by atoms with Gasteiger partial charge in [-0.15, -0.1) is 0 Å². The van der Waals surface area contributed by atoms with Crippen LogP contribution in [-0.2, 0) is 6.54 Å². The van der Waals surface area contributed by atoms with Gasteiger partial charge in [0.15, 0.2) is 0 Å². The van der Waals surface area contributed by atoms with E-state index < -0.39 is 0 Å². The number of hydrogen-bond donors (Lipinski definition) is 1. The first-order valence-corrected chi connectivity index (χ1v) is 6.42. The third kappa shape index (κ3) is 3.31. The van der Waals surface area contributed by atoms with Crippen LogP contribution in [0.1, 0.15) is 22.3 Å². The Labute approximate surface area is 127 Å². The van der Waals surface area contributed by atoms with Crippen molar-refractivity contribution in [3.63, 3.8) is 0 Å². The third-order valence-electron chi connectivity index (χ3n) is 2.93. The van der Waals surface area contributed by atoms with Crippen molar-refractivity contribution in [3.05, 3.63) is 63.7 Å². The number of nitrogens with one attached hydrogen (secondary N) is 1. The van der Waals surface area contributed by atoms with Gasteiger partial charge < -0.3 is 5.32 Å². The molecule has 2 aromatic carbocycles. The van der Waals surface area contributed by atoms with E-state index in [4.69, 9.17) is 27.4 Å². The van der Waals surface area contributed by atoms with Gasteiger partial charge in [0.25, 0.3) is 0 Å². The molecule has 0 saturated heterocycles. The fourth-order valence-electron chi connectivity index (χ4n) is 1.80. The second kappa shape index (κ2) is 6.44. The molecule has 2 aromatic rings. The van der Waals surface area contributed by atoms with Crippen LogP contribution in [-0.4, -0.2) is 0 Å². The zero-order chi connectivity index (χ0) is 15.2. The zero-order valence-electron chi connectivity index (χ0n) is 10.9. The first kappa shape index (κ1) is 14.4. The predicted octanol–water partition coefficient (Wildman–Crippen LogP) is 3.57. The summed E-state index contributed by atoms with van der Waals surface area (Å²) in [4.78, 5) is 0. The molecule has 0 bridgehead atoms. The molecule has 1 N–H and O–H groups in total. The Bertz CT molecular complexity index is 806. The molecule has 2 rings (SSSR count). The average molecular weight is 293 g/mol. The smallest absolute Gasteiger partial charge is 0.101 e. The lowest BCUT2D eigenvalue weighted by atomic mass is 10.1. The van der Waals surface area contributed by atoms with Gasteiger partial charge in [-0.25, -0.2) is 0 Å². The number of benzene rings is 2. The fourth-order valence-corrected chi connectivity index (χ4v) is 2.05. The summed E-state index contributed by atoms with van der Waals surface area (Å²) in [6.07, 6.45) is 0. The molecule has 5 heteroatoms. The second-order valence-electron chi connectivity index (χ2n) is 4.26. The summed E-state index contributed by atoms with van der Waals surface area (Å²) in [6.45, 7) is 0.460. The number of hydrogen-bond acceptors (Lipinski definition) is 4. The number of nitrogens with zero attached hydrogens (tertiary/aromatic N) is 3. The van der Waals surface area contributed by atoms with Crippen molar-refractivity contribution in [2.24, 2.45) is 0 Å². The van der Waals surface area contributed by atoms with Crippen molar-refractivity contribution in [2.75, 3.05) is 5.32 Å². The molecule has 100 valence electrons. The minimum atomic E-state index is 0.327. The molecule has 21 heavy (non-hydrogen) atoms. The third-order valence-corrected chi connectivity index (χ3v) is 3.28. The van der Waals surface area contributed by atoms with Gasteiger partial charge >= 0.3 is 0 Å². The first-order chi connectivity index (χ1) is 10.2. The molecule has 0 aliphatic heterocycles. The normalized spacial score (nSPS) is 9.24. The van der Waals surface area contributed by atoms with E-state index in [2.05, 4.69) is 5.32 Å².